The van der Waals surface area contributed by atoms with Crippen molar-refractivity contribution < 1.29 is 19.1 Å². The van der Waals surface area contributed by atoms with Crippen molar-refractivity contribution in [1.82, 2.24) is 0 Å². The Morgan fingerprint density at radius 3 is 2.22 bits per heavy atom. The van der Waals surface area contributed by atoms with Gasteiger partial charge in [0.25, 0.3) is 0 Å². The van der Waals surface area contributed by atoms with Crippen molar-refractivity contribution in [2.45, 2.75) is 24.8 Å². The van der Waals surface area contributed by atoms with Crippen molar-refractivity contribution >= 4 is 27.9 Å². The van der Waals surface area contributed by atoms with Gasteiger partial charge in [0.2, 0.25) is 6.10 Å². The van der Waals surface area contributed by atoms with Crippen molar-refractivity contribution in [1.29, 1.82) is 0 Å². The van der Waals surface area contributed by atoms with Crippen LogP contribution in [0.1, 0.15) is 22.9 Å². The molecule has 98 valence electrons. The Balaban J connectivity index is 2.94. The van der Waals surface area contributed by atoms with E-state index in [4.69, 9.17) is 4.74 Å². The van der Waals surface area contributed by atoms with E-state index in [1.807, 2.05) is 31.2 Å². The zero-order valence-electron chi connectivity index (χ0n) is 10.5. The maximum absolute atomic E-state index is 11.6. The molecule has 0 amide bonds. The van der Waals surface area contributed by atoms with Crippen molar-refractivity contribution in [3.8, 4) is 0 Å². The second kappa shape index (κ2) is 6.54. The van der Waals surface area contributed by atoms with Crippen molar-refractivity contribution in [3.05, 3.63) is 35.4 Å². The van der Waals surface area contributed by atoms with Crippen LogP contribution >= 0.6 is 15.9 Å². The molecule has 4 nitrogen and oxygen atoms in total. The van der Waals surface area contributed by atoms with Crippen LogP contribution in [0.3, 0.4) is 0 Å². The fraction of sp³-hybridized carbons (Fsp3) is 0.385. The lowest BCUT2D eigenvalue weighted by molar-refractivity contribution is -0.164. The highest BCUT2D eigenvalue weighted by Gasteiger charge is 2.31. The molecule has 0 saturated carbocycles. The van der Waals surface area contributed by atoms with E-state index in [0.29, 0.717) is 0 Å². The normalized spacial score (nSPS) is 13.6. The van der Waals surface area contributed by atoms with E-state index in [-0.39, 0.29) is 0 Å². The smallest absolute Gasteiger partial charge is 0.348 e. The van der Waals surface area contributed by atoms with E-state index >= 15 is 0 Å². The number of rotatable bonds is 4. The third kappa shape index (κ3) is 3.84. The molecule has 0 heterocycles. The fourth-order valence-corrected chi connectivity index (χ4v) is 2.08. The van der Waals surface area contributed by atoms with Gasteiger partial charge in [-0.3, -0.25) is 4.79 Å². The highest BCUT2D eigenvalue weighted by Crippen LogP contribution is 2.29. The van der Waals surface area contributed by atoms with E-state index in [9.17, 15) is 9.59 Å². The predicted octanol–water partition coefficient (Wildman–Crippen LogP) is 2.54. The Labute approximate surface area is 114 Å². The molecule has 0 saturated heterocycles. The first-order chi connectivity index (χ1) is 8.45. The average Bonchev–Trinajstić information content (AvgIpc) is 2.35. The topological polar surface area (TPSA) is 52.6 Å². The van der Waals surface area contributed by atoms with Gasteiger partial charge in [-0.15, -0.1) is 0 Å². The molecule has 0 aliphatic rings. The summed E-state index contributed by atoms with van der Waals surface area (Å²) in [5.74, 6) is -1.12. The molecule has 0 fully saturated rings. The SMILES string of the molecule is COC(=O)[C@H](OC(C)=O)[C@H](Br)c1ccc(C)cc1. The zero-order valence-corrected chi connectivity index (χ0v) is 12.1. The summed E-state index contributed by atoms with van der Waals surface area (Å²) in [5, 5.41) is 0. The number of carbonyl (C=O) groups is 2. The molecule has 0 bridgehead atoms. The van der Waals surface area contributed by atoms with Gasteiger partial charge >= 0.3 is 11.9 Å². The first-order valence-corrected chi connectivity index (χ1v) is 6.33. The summed E-state index contributed by atoms with van der Waals surface area (Å²) >= 11 is 3.37. The summed E-state index contributed by atoms with van der Waals surface area (Å²) in [6.07, 6.45) is -0.991. The van der Waals surface area contributed by atoms with Crippen LogP contribution in [0.5, 0.6) is 0 Å². The third-order valence-electron chi connectivity index (χ3n) is 2.39. The molecule has 1 aromatic rings. The molecule has 0 aromatic heterocycles. The summed E-state index contributed by atoms with van der Waals surface area (Å²) in [6.45, 7) is 3.22. The van der Waals surface area contributed by atoms with Gasteiger partial charge in [0.1, 0.15) is 0 Å². The summed E-state index contributed by atoms with van der Waals surface area (Å²) in [7, 11) is 1.26. The van der Waals surface area contributed by atoms with Gasteiger partial charge < -0.3 is 9.47 Å². The van der Waals surface area contributed by atoms with Crippen LogP contribution in [-0.4, -0.2) is 25.2 Å². The fourth-order valence-electron chi connectivity index (χ4n) is 1.45. The lowest BCUT2D eigenvalue weighted by Gasteiger charge is -2.20. The molecular weight excluding hydrogens is 300 g/mol. The Morgan fingerprint density at radius 2 is 1.78 bits per heavy atom. The van der Waals surface area contributed by atoms with Crippen LogP contribution in [0.15, 0.2) is 24.3 Å². The molecule has 1 rings (SSSR count). The third-order valence-corrected chi connectivity index (χ3v) is 3.40. The van der Waals surface area contributed by atoms with Crippen LogP contribution < -0.4 is 0 Å². The number of methoxy groups -OCH3 is 1. The highest BCUT2D eigenvalue weighted by molar-refractivity contribution is 9.09. The molecule has 18 heavy (non-hydrogen) atoms. The highest BCUT2D eigenvalue weighted by atomic mass is 79.9. The maximum atomic E-state index is 11.6. The number of aryl methyl sites for hydroxylation is 1. The van der Waals surface area contributed by atoms with E-state index in [2.05, 4.69) is 20.7 Å². The molecule has 0 aliphatic carbocycles. The van der Waals surface area contributed by atoms with Gasteiger partial charge in [0.15, 0.2) is 0 Å². The molecule has 5 heteroatoms. The average molecular weight is 315 g/mol. The molecule has 0 radical (unpaired) electrons. The van der Waals surface area contributed by atoms with Crippen LogP contribution in [-0.2, 0) is 19.1 Å². The number of benzene rings is 1. The van der Waals surface area contributed by atoms with Crippen LogP contribution in [0.25, 0.3) is 0 Å². The second-order valence-corrected chi connectivity index (χ2v) is 4.85. The molecule has 2 atom stereocenters. The van der Waals surface area contributed by atoms with Crippen LogP contribution in [0, 0.1) is 6.92 Å². The lowest BCUT2D eigenvalue weighted by Crippen LogP contribution is -2.31. The molecule has 0 N–H and O–H groups in total. The monoisotopic (exact) mass is 314 g/mol. The quantitative estimate of drug-likeness (QED) is 0.633. The van der Waals surface area contributed by atoms with E-state index in [1.54, 1.807) is 0 Å². The Hall–Kier alpha value is -1.36. The predicted molar refractivity (Wildman–Crippen MR) is 70.4 cm³/mol. The summed E-state index contributed by atoms with van der Waals surface area (Å²) < 4.78 is 9.62. The number of esters is 2. The largest absolute Gasteiger partial charge is 0.466 e. The van der Waals surface area contributed by atoms with Gasteiger partial charge in [-0.1, -0.05) is 45.8 Å². The van der Waals surface area contributed by atoms with E-state index in [1.165, 1.54) is 14.0 Å². The van der Waals surface area contributed by atoms with Gasteiger partial charge in [0.05, 0.1) is 11.9 Å². The van der Waals surface area contributed by atoms with Gasteiger partial charge in [-0.2, -0.15) is 0 Å². The zero-order chi connectivity index (χ0) is 13.7. The number of halogens is 1. The Morgan fingerprint density at radius 1 is 1.22 bits per heavy atom. The minimum atomic E-state index is -0.991. The second-order valence-electron chi connectivity index (χ2n) is 3.87. The van der Waals surface area contributed by atoms with Crippen molar-refractivity contribution in [3.63, 3.8) is 0 Å². The maximum Gasteiger partial charge on any atom is 0.348 e. The van der Waals surface area contributed by atoms with E-state index in [0.717, 1.165) is 11.1 Å². The molecule has 1 aromatic carbocycles. The molecular formula is C13H15BrO4. The first-order valence-electron chi connectivity index (χ1n) is 5.41. The lowest BCUT2D eigenvalue weighted by atomic mass is 10.1. The minimum absolute atomic E-state index is 0.436. The number of hydrogen-bond acceptors (Lipinski definition) is 4. The van der Waals surface area contributed by atoms with E-state index < -0.39 is 22.9 Å². The van der Waals surface area contributed by atoms with Gasteiger partial charge in [-0.25, -0.2) is 4.79 Å². The number of carbonyl (C=O) groups excluding carboxylic acids is 2. The summed E-state index contributed by atoms with van der Waals surface area (Å²) in [4.78, 5) is 22.2. The standard InChI is InChI=1S/C13H15BrO4/c1-8-4-6-10(7-5-8)11(14)12(13(16)17-3)18-9(2)15/h4-7,11-12H,1-3H3/t11-,12-/m1/s1. The number of alkyl halides is 1. The van der Waals surface area contributed by atoms with Gasteiger partial charge in [-0.05, 0) is 12.5 Å². The Bertz CT molecular complexity index is 427. The molecule has 0 aliphatic heterocycles. The van der Waals surface area contributed by atoms with Crippen molar-refractivity contribution in [2.75, 3.05) is 7.11 Å². The molecule has 0 spiro atoms. The van der Waals surface area contributed by atoms with Gasteiger partial charge in [0, 0.05) is 6.92 Å². The summed E-state index contributed by atoms with van der Waals surface area (Å²) in [5.41, 5.74) is 1.96. The number of hydrogen-bond donors (Lipinski definition) is 0. The minimum Gasteiger partial charge on any atom is -0.466 e. The number of ether oxygens (including phenoxy) is 2. The first kappa shape index (κ1) is 14.7. The summed E-state index contributed by atoms with van der Waals surface area (Å²) in [6, 6.07) is 7.58. The van der Waals surface area contributed by atoms with Crippen molar-refractivity contribution in [2.24, 2.45) is 0 Å². The van der Waals surface area contributed by atoms with Crippen LogP contribution in [0.4, 0.5) is 0 Å². The Kier molecular flexibility index (Phi) is 5.34. The molecule has 0 unspecified atom stereocenters. The van der Waals surface area contributed by atoms with Crippen LogP contribution in [0.2, 0.25) is 0 Å².